The highest BCUT2D eigenvalue weighted by Gasteiger charge is 2.22. The Morgan fingerprint density at radius 1 is 0.970 bits per heavy atom. The molecule has 1 fully saturated rings. The molecule has 4 rings (SSSR count). The predicted molar refractivity (Wildman–Crippen MR) is 127 cm³/mol. The Kier molecular flexibility index (Phi) is 7.22. The number of anilines is 2. The number of amides is 2. The summed E-state index contributed by atoms with van der Waals surface area (Å²) >= 11 is 0. The van der Waals surface area contributed by atoms with Gasteiger partial charge in [0.15, 0.2) is 0 Å². The fraction of sp³-hybridized carbons (Fsp3) is 0.231. The zero-order chi connectivity index (χ0) is 23.0. The van der Waals surface area contributed by atoms with Gasteiger partial charge in [0.05, 0.1) is 11.4 Å². The van der Waals surface area contributed by atoms with Crippen molar-refractivity contribution in [3.05, 3.63) is 89.5 Å². The third-order valence-corrected chi connectivity index (χ3v) is 5.44. The number of carbonyl (C=O) groups is 2. The molecule has 2 amide bonds. The predicted octanol–water partition coefficient (Wildman–Crippen LogP) is 3.90. The summed E-state index contributed by atoms with van der Waals surface area (Å²) in [6, 6.07) is 22.0. The van der Waals surface area contributed by atoms with Gasteiger partial charge in [-0.2, -0.15) is 0 Å². The first kappa shape index (κ1) is 22.4. The number of ether oxygens (including phenoxy) is 2. The molecular weight excluding hydrogens is 418 g/mol. The van der Waals surface area contributed by atoms with Crippen molar-refractivity contribution in [3.8, 4) is 5.75 Å². The minimum atomic E-state index is -0.318. The van der Waals surface area contributed by atoms with E-state index in [0.29, 0.717) is 36.7 Å². The van der Waals surface area contributed by atoms with Crippen molar-refractivity contribution in [3.63, 3.8) is 0 Å². The second-order valence-corrected chi connectivity index (χ2v) is 7.89. The number of nitrogens with two attached hydrogens (primary N) is 1. The van der Waals surface area contributed by atoms with Crippen LogP contribution in [0, 0.1) is 0 Å². The minimum Gasteiger partial charge on any atom is -0.489 e. The molecule has 1 aliphatic rings. The van der Waals surface area contributed by atoms with Crippen LogP contribution < -0.4 is 21.1 Å². The third-order valence-electron chi connectivity index (χ3n) is 5.44. The Hall–Kier alpha value is -3.84. The maximum Gasteiger partial charge on any atom is 0.255 e. The summed E-state index contributed by atoms with van der Waals surface area (Å²) in [6.45, 7) is 1.49. The first-order chi connectivity index (χ1) is 16.1. The second kappa shape index (κ2) is 10.7. The van der Waals surface area contributed by atoms with Crippen LogP contribution in [0.15, 0.2) is 72.8 Å². The van der Waals surface area contributed by atoms with E-state index in [1.807, 2.05) is 48.5 Å². The highest BCUT2D eigenvalue weighted by molar-refractivity contribution is 6.05. The lowest BCUT2D eigenvalue weighted by Crippen LogP contribution is -2.33. The molecule has 0 aliphatic carbocycles. The van der Waals surface area contributed by atoms with Gasteiger partial charge < -0.3 is 25.8 Å². The summed E-state index contributed by atoms with van der Waals surface area (Å²) < 4.78 is 11.2. The number of carbonyl (C=O) groups excluding carboxylic acids is 2. The van der Waals surface area contributed by atoms with Gasteiger partial charge in [-0.05, 0) is 60.4 Å². The molecule has 1 atom stereocenters. The number of nitrogens with one attached hydrogen (secondary N) is 2. The SMILES string of the molecule is Nc1ccccc1NC(=O)c1ccc(COc2ccc(CNC(=O)C3CCCO3)cc2)cc1. The van der Waals surface area contributed by atoms with Gasteiger partial charge in [0.25, 0.3) is 5.91 Å². The Bertz CT molecular complexity index is 1090. The molecule has 0 aromatic heterocycles. The zero-order valence-electron chi connectivity index (χ0n) is 18.3. The van der Waals surface area contributed by atoms with E-state index in [0.717, 1.165) is 29.7 Å². The average molecular weight is 446 g/mol. The molecule has 33 heavy (non-hydrogen) atoms. The van der Waals surface area contributed by atoms with Crippen molar-refractivity contribution in [2.75, 3.05) is 17.7 Å². The maximum absolute atomic E-state index is 12.4. The van der Waals surface area contributed by atoms with E-state index in [-0.39, 0.29) is 17.9 Å². The van der Waals surface area contributed by atoms with Crippen LogP contribution >= 0.6 is 0 Å². The summed E-state index contributed by atoms with van der Waals surface area (Å²) in [6.07, 6.45) is 1.40. The molecule has 4 N–H and O–H groups in total. The Morgan fingerprint density at radius 3 is 2.39 bits per heavy atom. The van der Waals surface area contributed by atoms with Crippen LogP contribution in [0.1, 0.15) is 34.3 Å². The fourth-order valence-corrected chi connectivity index (χ4v) is 3.52. The Morgan fingerprint density at radius 2 is 1.70 bits per heavy atom. The summed E-state index contributed by atoms with van der Waals surface area (Å²) in [5, 5.41) is 5.72. The number of benzene rings is 3. The zero-order valence-corrected chi connectivity index (χ0v) is 18.3. The lowest BCUT2D eigenvalue weighted by atomic mass is 10.1. The number of nitrogen functional groups attached to an aromatic ring is 1. The number of rotatable bonds is 8. The molecule has 3 aromatic carbocycles. The maximum atomic E-state index is 12.4. The molecule has 7 heteroatoms. The molecule has 0 spiro atoms. The minimum absolute atomic E-state index is 0.0582. The quantitative estimate of drug-likeness (QED) is 0.457. The molecule has 0 saturated carbocycles. The molecule has 0 bridgehead atoms. The van der Waals surface area contributed by atoms with Crippen molar-refractivity contribution in [1.82, 2.24) is 5.32 Å². The van der Waals surface area contributed by atoms with E-state index in [2.05, 4.69) is 10.6 Å². The Labute approximate surface area is 192 Å². The van der Waals surface area contributed by atoms with Gasteiger partial charge in [0.1, 0.15) is 18.5 Å². The van der Waals surface area contributed by atoms with E-state index in [1.165, 1.54) is 0 Å². The monoisotopic (exact) mass is 445 g/mol. The molecule has 0 radical (unpaired) electrons. The lowest BCUT2D eigenvalue weighted by molar-refractivity contribution is -0.130. The van der Waals surface area contributed by atoms with Gasteiger partial charge in [-0.3, -0.25) is 9.59 Å². The van der Waals surface area contributed by atoms with Crippen LogP contribution in [0.5, 0.6) is 5.75 Å². The van der Waals surface area contributed by atoms with Crippen LogP contribution in [-0.4, -0.2) is 24.5 Å². The number of hydrogen-bond acceptors (Lipinski definition) is 5. The van der Waals surface area contributed by atoms with E-state index >= 15 is 0 Å². The lowest BCUT2D eigenvalue weighted by Gasteiger charge is -2.11. The summed E-state index contributed by atoms with van der Waals surface area (Å²) in [5.74, 6) is 0.449. The van der Waals surface area contributed by atoms with Gasteiger partial charge in [-0.15, -0.1) is 0 Å². The van der Waals surface area contributed by atoms with Gasteiger partial charge in [-0.25, -0.2) is 0 Å². The van der Waals surface area contributed by atoms with Crippen molar-refractivity contribution in [2.45, 2.75) is 32.1 Å². The molecular formula is C26H27N3O4. The Balaban J connectivity index is 1.24. The molecule has 7 nitrogen and oxygen atoms in total. The van der Waals surface area contributed by atoms with E-state index in [1.54, 1.807) is 24.3 Å². The fourth-order valence-electron chi connectivity index (χ4n) is 3.52. The molecule has 1 heterocycles. The molecule has 1 unspecified atom stereocenters. The number of para-hydroxylation sites is 2. The summed E-state index contributed by atoms with van der Waals surface area (Å²) in [7, 11) is 0. The molecule has 170 valence electrons. The number of hydrogen-bond donors (Lipinski definition) is 3. The van der Waals surface area contributed by atoms with Crippen molar-refractivity contribution in [1.29, 1.82) is 0 Å². The van der Waals surface area contributed by atoms with Crippen LogP contribution in [0.4, 0.5) is 11.4 Å². The van der Waals surface area contributed by atoms with Gasteiger partial charge in [0.2, 0.25) is 5.91 Å². The third kappa shape index (κ3) is 6.11. The second-order valence-electron chi connectivity index (χ2n) is 7.89. The average Bonchev–Trinajstić information content (AvgIpc) is 3.39. The van der Waals surface area contributed by atoms with E-state index in [9.17, 15) is 9.59 Å². The largest absolute Gasteiger partial charge is 0.489 e. The smallest absolute Gasteiger partial charge is 0.255 e. The highest BCUT2D eigenvalue weighted by Crippen LogP contribution is 2.19. The van der Waals surface area contributed by atoms with Gasteiger partial charge in [0, 0.05) is 18.7 Å². The van der Waals surface area contributed by atoms with Crippen LogP contribution in [-0.2, 0) is 22.7 Å². The van der Waals surface area contributed by atoms with Crippen LogP contribution in [0.25, 0.3) is 0 Å². The molecule has 3 aromatic rings. The van der Waals surface area contributed by atoms with Crippen molar-refractivity contribution < 1.29 is 19.1 Å². The van der Waals surface area contributed by atoms with Gasteiger partial charge in [-0.1, -0.05) is 36.4 Å². The summed E-state index contributed by atoms with van der Waals surface area (Å²) in [4.78, 5) is 24.5. The van der Waals surface area contributed by atoms with Gasteiger partial charge >= 0.3 is 0 Å². The topological polar surface area (TPSA) is 103 Å². The highest BCUT2D eigenvalue weighted by atomic mass is 16.5. The van der Waals surface area contributed by atoms with Crippen molar-refractivity contribution >= 4 is 23.2 Å². The summed E-state index contributed by atoms with van der Waals surface area (Å²) in [5.41, 5.74) is 9.45. The van der Waals surface area contributed by atoms with Crippen LogP contribution in [0.3, 0.4) is 0 Å². The normalized spacial score (nSPS) is 15.1. The first-order valence-corrected chi connectivity index (χ1v) is 10.9. The van der Waals surface area contributed by atoms with E-state index in [4.69, 9.17) is 15.2 Å². The van der Waals surface area contributed by atoms with Crippen LogP contribution in [0.2, 0.25) is 0 Å². The standard InChI is InChI=1S/C26H27N3O4/c27-22-4-1-2-5-23(22)29-25(30)20-11-7-19(8-12-20)17-33-21-13-9-18(10-14-21)16-28-26(31)24-6-3-15-32-24/h1-2,4-5,7-14,24H,3,6,15-17,27H2,(H,28,31)(H,29,30). The van der Waals surface area contributed by atoms with Crippen molar-refractivity contribution in [2.24, 2.45) is 0 Å². The molecule has 1 aliphatic heterocycles. The van der Waals surface area contributed by atoms with E-state index < -0.39 is 0 Å². The first-order valence-electron chi connectivity index (χ1n) is 10.9. The molecule has 1 saturated heterocycles.